The number of nitrogen functional groups attached to an aromatic ring is 2. The summed E-state index contributed by atoms with van der Waals surface area (Å²) in [6.07, 6.45) is 14.3. The monoisotopic (exact) mass is 1680 g/mol. The van der Waals surface area contributed by atoms with Crippen LogP contribution in [0.25, 0.3) is 202 Å². The van der Waals surface area contributed by atoms with Crippen LogP contribution in [0.4, 0.5) is 11.4 Å². The zero-order chi connectivity index (χ0) is 81.9. The second kappa shape index (κ2) is 37.2. The second-order valence-corrected chi connectivity index (χ2v) is 29.4. The molecule has 0 atom stereocenters. The molecule has 0 spiro atoms. The summed E-state index contributed by atoms with van der Waals surface area (Å²) >= 11 is 0. The van der Waals surface area contributed by atoms with Gasteiger partial charge in [0.15, 0.2) is 0 Å². The number of pyridine rings is 12. The molecule has 0 aliphatic heterocycles. The number of hydrogen-bond acceptors (Lipinski definition) is 14. The first-order valence-electron chi connectivity index (χ1n) is 40.0. The number of nitrogens with zero attached hydrogens (tertiary/aromatic N) is 12. The molecule has 20 rings (SSSR count). The Morgan fingerprint density at radius 3 is 0.419 bits per heavy atom. The maximum atomic E-state index is 6.16. The Bertz CT molecular complexity index is 6080. The molecule has 0 bridgehead atoms. The van der Waals surface area contributed by atoms with Crippen LogP contribution in [0.2, 0.25) is 0 Å². The van der Waals surface area contributed by atoms with Gasteiger partial charge in [-0.2, -0.15) is 0 Å². The Balaban J connectivity index is 0.000000173. The standard InChI is InChI=1S/2C54H37N7.2Fe/c2*55-46-21-19-36(20-22-46)41-29-42(37-11-9-13-39(27-37)44-32-51(47-15-1-5-23-56-47)60-52(33-44)48-16-2-6-24-57-48)31-43(30-41)38-12-10-14-40(28-38)45-34-53(49-17-3-7-25-58-49)61-54(35-45)50-18-4-8-26-59-50;;/h2*1-35H,55H2;;. The van der Waals surface area contributed by atoms with Crippen molar-refractivity contribution in [2.45, 2.75) is 0 Å². The van der Waals surface area contributed by atoms with Gasteiger partial charge in [-0.05, 0) is 342 Å². The number of aromatic nitrogens is 12. The van der Waals surface area contributed by atoms with Crippen molar-refractivity contribution in [1.82, 2.24) is 59.8 Å². The number of hydrogen-bond donors (Lipinski definition) is 2. The minimum Gasteiger partial charge on any atom is -0.399 e. The van der Waals surface area contributed by atoms with Gasteiger partial charge in [-0.25, -0.2) is 19.9 Å². The van der Waals surface area contributed by atoms with E-state index in [0.29, 0.717) is 0 Å². The van der Waals surface area contributed by atoms with E-state index in [-0.39, 0.29) is 34.1 Å². The Labute approximate surface area is 739 Å². The maximum Gasteiger partial charge on any atom is 0.0900 e. The van der Waals surface area contributed by atoms with E-state index in [1.165, 1.54) is 0 Å². The number of anilines is 2. The number of benzene rings is 8. The van der Waals surface area contributed by atoms with E-state index >= 15 is 0 Å². The van der Waals surface area contributed by atoms with Gasteiger partial charge in [0.2, 0.25) is 0 Å². The zero-order valence-corrected chi connectivity index (χ0v) is 68.9. The van der Waals surface area contributed by atoms with Gasteiger partial charge in [-0.3, -0.25) is 39.9 Å². The topological polar surface area (TPSA) is 207 Å². The predicted octanol–water partition coefficient (Wildman–Crippen LogP) is 25.3. The van der Waals surface area contributed by atoms with Crippen molar-refractivity contribution in [1.29, 1.82) is 0 Å². The summed E-state index contributed by atoms with van der Waals surface area (Å²) in [7, 11) is 0. The molecule has 0 aliphatic rings. The number of nitrogens with two attached hydrogens (primary N) is 2. The normalized spacial score (nSPS) is 10.8. The Morgan fingerprint density at radius 2 is 0.266 bits per heavy atom. The summed E-state index contributed by atoms with van der Waals surface area (Å²) in [6, 6.07) is 128. The predicted molar refractivity (Wildman–Crippen MR) is 493 cm³/mol. The third kappa shape index (κ3) is 18.5. The van der Waals surface area contributed by atoms with Gasteiger partial charge in [0, 0.05) is 95.1 Å². The van der Waals surface area contributed by atoms with E-state index < -0.39 is 0 Å². The first kappa shape index (κ1) is 80.6. The van der Waals surface area contributed by atoms with Crippen molar-refractivity contribution < 1.29 is 34.1 Å². The first-order chi connectivity index (χ1) is 60.2. The molecule has 124 heavy (non-hydrogen) atoms. The SMILES string of the molecule is Nc1ccc(-c2cc(-c3cccc(-c4cc(-c5ccccn5)nc(-c5ccccn5)c4)c3)cc(-c3cccc(-c4cc(-c5ccccn5)nc(-c5ccccn5)c4)c3)c2)cc1.Nc1ccc(-c2cc(-c3cccc(-c4cc(-c5ccccn5)nc(-c5ccccn5)c4)c3)cc(-c3cccc(-c4cc(-c5ccccn5)nc(-c5ccccn5)c4)c3)c2)cc1.[Fe].[Fe]. The van der Waals surface area contributed by atoms with E-state index in [1.807, 2.05) is 170 Å². The molecule has 12 aromatic heterocycles. The summed E-state index contributed by atoms with van der Waals surface area (Å²) in [4.78, 5) is 57.0. The molecule has 592 valence electrons. The Morgan fingerprint density at radius 1 is 0.121 bits per heavy atom. The van der Waals surface area contributed by atoms with Crippen molar-refractivity contribution in [3.63, 3.8) is 0 Å². The van der Waals surface area contributed by atoms with Gasteiger partial charge >= 0.3 is 0 Å². The molecule has 12 heterocycles. The zero-order valence-electron chi connectivity index (χ0n) is 66.6. The molecule has 0 aliphatic carbocycles. The molecule has 0 unspecified atom stereocenters. The van der Waals surface area contributed by atoms with Gasteiger partial charge in [0.25, 0.3) is 0 Å². The molecular weight excluding hydrogens is 1600 g/mol. The molecule has 0 radical (unpaired) electrons. The fourth-order valence-electron chi connectivity index (χ4n) is 15.1. The third-order valence-corrected chi connectivity index (χ3v) is 21.2. The van der Waals surface area contributed by atoms with Crippen molar-refractivity contribution in [3.8, 4) is 202 Å². The van der Waals surface area contributed by atoms with E-state index in [2.05, 4.69) is 246 Å². The summed E-state index contributed by atoms with van der Waals surface area (Å²) < 4.78 is 0. The molecule has 4 N–H and O–H groups in total. The molecule has 20 aromatic rings. The molecule has 0 saturated carbocycles. The van der Waals surface area contributed by atoms with Crippen LogP contribution in [0.1, 0.15) is 0 Å². The molecule has 16 heteroatoms. The van der Waals surface area contributed by atoms with Gasteiger partial charge in [-0.1, -0.05) is 146 Å². The minimum atomic E-state index is 0. The largest absolute Gasteiger partial charge is 0.399 e. The smallest absolute Gasteiger partial charge is 0.0900 e. The van der Waals surface area contributed by atoms with Crippen molar-refractivity contribution in [3.05, 3.63) is 426 Å². The van der Waals surface area contributed by atoms with Crippen LogP contribution in [0.15, 0.2) is 426 Å². The van der Waals surface area contributed by atoms with Crippen molar-refractivity contribution in [2.75, 3.05) is 11.5 Å². The van der Waals surface area contributed by atoms with E-state index in [1.54, 1.807) is 49.6 Å². The molecule has 0 saturated heterocycles. The van der Waals surface area contributed by atoms with Crippen molar-refractivity contribution >= 4 is 11.4 Å². The molecule has 0 amide bonds. The van der Waals surface area contributed by atoms with Crippen molar-refractivity contribution in [2.24, 2.45) is 0 Å². The third-order valence-electron chi connectivity index (χ3n) is 21.2. The van der Waals surface area contributed by atoms with E-state index in [9.17, 15) is 0 Å². The van der Waals surface area contributed by atoms with Crippen LogP contribution in [-0.4, -0.2) is 59.8 Å². The molecular formula is C108H74Fe2N14. The van der Waals surface area contributed by atoms with Crippen LogP contribution in [0.5, 0.6) is 0 Å². The summed E-state index contributed by atoms with van der Waals surface area (Å²) in [5.74, 6) is 0. The average molecular weight is 1680 g/mol. The first-order valence-corrected chi connectivity index (χ1v) is 40.0. The number of rotatable bonds is 18. The Hall–Kier alpha value is -15.8. The fourth-order valence-corrected chi connectivity index (χ4v) is 15.1. The second-order valence-electron chi connectivity index (χ2n) is 29.4. The summed E-state index contributed by atoms with van der Waals surface area (Å²) in [5.41, 5.74) is 47.7. The quantitative estimate of drug-likeness (QED) is 0.0606. The van der Waals surface area contributed by atoms with Gasteiger partial charge in [0.05, 0.1) is 91.1 Å². The van der Waals surface area contributed by atoms with Crippen LogP contribution >= 0.6 is 0 Å². The van der Waals surface area contributed by atoms with Gasteiger partial charge in [0.1, 0.15) is 0 Å². The maximum absolute atomic E-state index is 6.16. The Kier molecular flexibility index (Phi) is 24.2. The van der Waals surface area contributed by atoms with Crippen LogP contribution in [0, 0.1) is 0 Å². The van der Waals surface area contributed by atoms with Crippen LogP contribution in [-0.2, 0) is 34.1 Å². The van der Waals surface area contributed by atoms with E-state index in [4.69, 9.17) is 31.4 Å². The summed E-state index contributed by atoms with van der Waals surface area (Å²) in [5, 5.41) is 0. The van der Waals surface area contributed by atoms with Crippen LogP contribution < -0.4 is 11.5 Å². The molecule has 14 nitrogen and oxygen atoms in total. The van der Waals surface area contributed by atoms with Gasteiger partial charge < -0.3 is 11.5 Å². The minimum absolute atomic E-state index is 0. The van der Waals surface area contributed by atoms with Gasteiger partial charge in [-0.15, -0.1) is 0 Å². The van der Waals surface area contributed by atoms with Crippen LogP contribution in [0.3, 0.4) is 0 Å². The van der Waals surface area contributed by atoms with E-state index in [0.717, 1.165) is 214 Å². The average Bonchev–Trinajstić information content (AvgIpc) is 0.790. The molecule has 0 fully saturated rings. The fraction of sp³-hybridized carbons (Fsp3) is 0. The summed E-state index contributed by atoms with van der Waals surface area (Å²) in [6.45, 7) is 0. The molecule has 8 aromatic carbocycles.